The van der Waals surface area contributed by atoms with Crippen LogP contribution in [-0.4, -0.2) is 18.8 Å². The number of hydrogen-bond acceptors (Lipinski definition) is 3. The molecule has 2 atom stereocenters. The van der Waals surface area contributed by atoms with Crippen molar-refractivity contribution in [3.05, 3.63) is 22.4 Å². The third-order valence-corrected chi connectivity index (χ3v) is 3.54. The molecular weight excluding hydrogens is 287 g/mol. The SMILES string of the molecule is CC1CC(Nc2cc(F)c(Br)cc2N)CCO1. The van der Waals surface area contributed by atoms with Crippen LogP contribution in [0, 0.1) is 5.82 Å². The van der Waals surface area contributed by atoms with Crippen molar-refractivity contribution in [1.82, 2.24) is 0 Å². The van der Waals surface area contributed by atoms with E-state index in [0.717, 1.165) is 19.4 Å². The number of nitrogens with two attached hydrogens (primary N) is 1. The first kappa shape index (κ1) is 12.6. The van der Waals surface area contributed by atoms with Gasteiger partial charge in [0.25, 0.3) is 0 Å². The number of ether oxygens (including phenoxy) is 1. The van der Waals surface area contributed by atoms with Crippen LogP contribution in [0.3, 0.4) is 0 Å². The Morgan fingerprint density at radius 2 is 2.29 bits per heavy atom. The van der Waals surface area contributed by atoms with Crippen LogP contribution in [0.4, 0.5) is 15.8 Å². The molecule has 1 saturated heterocycles. The van der Waals surface area contributed by atoms with Gasteiger partial charge in [0.2, 0.25) is 0 Å². The molecule has 1 heterocycles. The van der Waals surface area contributed by atoms with Crippen molar-refractivity contribution in [2.75, 3.05) is 17.7 Å². The lowest BCUT2D eigenvalue weighted by molar-refractivity contribution is 0.0232. The lowest BCUT2D eigenvalue weighted by Gasteiger charge is -2.29. The van der Waals surface area contributed by atoms with E-state index in [9.17, 15) is 4.39 Å². The first-order valence-electron chi connectivity index (χ1n) is 5.69. The summed E-state index contributed by atoms with van der Waals surface area (Å²) in [5.41, 5.74) is 7.06. The Morgan fingerprint density at radius 3 is 3.00 bits per heavy atom. The molecule has 1 aromatic carbocycles. The van der Waals surface area contributed by atoms with Gasteiger partial charge in [0.1, 0.15) is 5.82 Å². The predicted octanol–water partition coefficient (Wildman–Crippen LogP) is 3.15. The van der Waals surface area contributed by atoms with Gasteiger partial charge in [0, 0.05) is 18.7 Å². The van der Waals surface area contributed by atoms with Crippen molar-refractivity contribution in [2.24, 2.45) is 0 Å². The van der Waals surface area contributed by atoms with Gasteiger partial charge in [0.05, 0.1) is 22.0 Å². The minimum Gasteiger partial charge on any atom is -0.397 e. The molecule has 2 rings (SSSR count). The summed E-state index contributed by atoms with van der Waals surface area (Å²) in [5.74, 6) is -0.304. The van der Waals surface area contributed by atoms with Crippen molar-refractivity contribution < 1.29 is 9.13 Å². The lowest BCUT2D eigenvalue weighted by Crippen LogP contribution is -2.32. The molecule has 17 heavy (non-hydrogen) atoms. The molecule has 0 bridgehead atoms. The van der Waals surface area contributed by atoms with E-state index in [-0.39, 0.29) is 11.9 Å². The Balaban J connectivity index is 2.10. The van der Waals surface area contributed by atoms with Gasteiger partial charge in [-0.25, -0.2) is 4.39 Å². The van der Waals surface area contributed by atoms with Crippen molar-refractivity contribution >= 4 is 27.3 Å². The van der Waals surface area contributed by atoms with Crippen molar-refractivity contribution in [3.63, 3.8) is 0 Å². The van der Waals surface area contributed by atoms with Gasteiger partial charge in [-0.05, 0) is 41.8 Å². The Bertz CT molecular complexity index is 414. The van der Waals surface area contributed by atoms with Gasteiger partial charge < -0.3 is 15.8 Å². The zero-order chi connectivity index (χ0) is 12.4. The summed E-state index contributed by atoms with van der Waals surface area (Å²) in [7, 11) is 0. The number of benzene rings is 1. The zero-order valence-corrected chi connectivity index (χ0v) is 11.3. The molecule has 1 fully saturated rings. The van der Waals surface area contributed by atoms with Crippen LogP contribution in [0.1, 0.15) is 19.8 Å². The highest BCUT2D eigenvalue weighted by Gasteiger charge is 2.20. The second kappa shape index (κ2) is 5.23. The molecule has 3 N–H and O–H groups in total. The summed E-state index contributed by atoms with van der Waals surface area (Å²) < 4.78 is 19.3. The maximum Gasteiger partial charge on any atom is 0.139 e. The number of nitrogens with one attached hydrogen (secondary N) is 1. The minimum absolute atomic E-state index is 0.239. The van der Waals surface area contributed by atoms with E-state index < -0.39 is 0 Å². The number of nitrogen functional groups attached to an aromatic ring is 1. The average molecular weight is 303 g/mol. The summed E-state index contributed by atoms with van der Waals surface area (Å²) in [6.45, 7) is 2.77. The fourth-order valence-electron chi connectivity index (χ4n) is 2.04. The Kier molecular flexibility index (Phi) is 3.89. The van der Waals surface area contributed by atoms with Gasteiger partial charge in [-0.3, -0.25) is 0 Å². The van der Waals surface area contributed by atoms with Gasteiger partial charge in [0.15, 0.2) is 0 Å². The summed E-state index contributed by atoms with van der Waals surface area (Å²) in [4.78, 5) is 0. The number of rotatable bonds is 2. The Morgan fingerprint density at radius 1 is 1.53 bits per heavy atom. The van der Waals surface area contributed by atoms with Crippen molar-refractivity contribution in [2.45, 2.75) is 31.9 Å². The van der Waals surface area contributed by atoms with Crippen LogP contribution in [0.25, 0.3) is 0 Å². The quantitative estimate of drug-likeness (QED) is 0.825. The number of halogens is 2. The summed E-state index contributed by atoms with van der Waals surface area (Å²) in [6, 6.07) is 3.31. The third-order valence-electron chi connectivity index (χ3n) is 2.94. The standard InChI is InChI=1S/C12H16BrFN2O/c1-7-4-8(2-3-17-7)16-12-6-10(14)9(13)5-11(12)15/h5-8,16H,2-4,15H2,1H3. The van der Waals surface area contributed by atoms with E-state index in [0.29, 0.717) is 21.9 Å². The van der Waals surface area contributed by atoms with Crippen LogP contribution in [0.2, 0.25) is 0 Å². The molecule has 0 saturated carbocycles. The van der Waals surface area contributed by atoms with E-state index in [4.69, 9.17) is 10.5 Å². The smallest absolute Gasteiger partial charge is 0.139 e. The number of anilines is 2. The molecule has 0 spiro atoms. The maximum absolute atomic E-state index is 13.4. The highest BCUT2D eigenvalue weighted by molar-refractivity contribution is 9.10. The van der Waals surface area contributed by atoms with Gasteiger partial charge >= 0.3 is 0 Å². The van der Waals surface area contributed by atoms with E-state index in [1.807, 2.05) is 6.92 Å². The van der Waals surface area contributed by atoms with Crippen molar-refractivity contribution in [1.29, 1.82) is 0 Å². The van der Waals surface area contributed by atoms with E-state index in [2.05, 4.69) is 21.2 Å². The molecule has 0 aromatic heterocycles. The summed E-state index contributed by atoms with van der Waals surface area (Å²) in [6.07, 6.45) is 2.07. The fourth-order valence-corrected chi connectivity index (χ4v) is 2.40. The van der Waals surface area contributed by atoms with Crippen LogP contribution < -0.4 is 11.1 Å². The molecule has 1 aliphatic heterocycles. The largest absolute Gasteiger partial charge is 0.397 e. The van der Waals surface area contributed by atoms with Gasteiger partial charge in [-0.2, -0.15) is 0 Å². The third kappa shape index (κ3) is 3.10. The maximum atomic E-state index is 13.4. The monoisotopic (exact) mass is 302 g/mol. The molecule has 3 nitrogen and oxygen atoms in total. The first-order valence-corrected chi connectivity index (χ1v) is 6.48. The second-order valence-electron chi connectivity index (χ2n) is 4.40. The van der Waals surface area contributed by atoms with Gasteiger partial charge in [-0.15, -0.1) is 0 Å². The highest BCUT2D eigenvalue weighted by atomic mass is 79.9. The fraction of sp³-hybridized carbons (Fsp3) is 0.500. The molecular formula is C12H16BrFN2O. The zero-order valence-electron chi connectivity index (χ0n) is 9.67. The average Bonchev–Trinajstić information content (AvgIpc) is 2.26. The summed E-state index contributed by atoms with van der Waals surface area (Å²) in [5, 5.41) is 3.28. The van der Waals surface area contributed by atoms with E-state index in [1.54, 1.807) is 6.07 Å². The number of hydrogen-bond donors (Lipinski definition) is 2. The van der Waals surface area contributed by atoms with E-state index >= 15 is 0 Å². The van der Waals surface area contributed by atoms with Crippen LogP contribution in [-0.2, 0) is 4.74 Å². The van der Waals surface area contributed by atoms with E-state index in [1.165, 1.54) is 6.07 Å². The Hall–Kier alpha value is -0.810. The van der Waals surface area contributed by atoms with Crippen molar-refractivity contribution in [3.8, 4) is 0 Å². The van der Waals surface area contributed by atoms with Crippen LogP contribution >= 0.6 is 15.9 Å². The minimum atomic E-state index is -0.304. The second-order valence-corrected chi connectivity index (χ2v) is 5.25. The molecule has 0 amide bonds. The molecule has 5 heteroatoms. The molecule has 0 aliphatic carbocycles. The molecule has 94 valence electrons. The first-order chi connectivity index (χ1) is 8.06. The normalized spacial score (nSPS) is 24.6. The molecule has 1 aliphatic rings. The highest BCUT2D eigenvalue weighted by Crippen LogP contribution is 2.28. The predicted molar refractivity (Wildman–Crippen MR) is 70.6 cm³/mol. The Labute approximate surface area is 109 Å². The topological polar surface area (TPSA) is 47.3 Å². The lowest BCUT2D eigenvalue weighted by atomic mass is 10.0. The summed E-state index contributed by atoms with van der Waals surface area (Å²) >= 11 is 3.11. The van der Waals surface area contributed by atoms with Crippen LogP contribution in [0.5, 0.6) is 0 Å². The van der Waals surface area contributed by atoms with Gasteiger partial charge in [-0.1, -0.05) is 0 Å². The van der Waals surface area contributed by atoms with Crippen LogP contribution in [0.15, 0.2) is 16.6 Å². The molecule has 1 aromatic rings. The molecule has 2 unspecified atom stereocenters. The molecule has 0 radical (unpaired) electrons.